The third-order valence-corrected chi connectivity index (χ3v) is 4.22. The number of hydrogen-bond acceptors (Lipinski definition) is 3. The van der Waals surface area contributed by atoms with Crippen molar-refractivity contribution in [2.75, 3.05) is 19.6 Å². The molecule has 0 saturated carbocycles. The van der Waals surface area contributed by atoms with Crippen LogP contribution in [0, 0.1) is 0 Å². The molecule has 0 radical (unpaired) electrons. The molecule has 98 valence electrons. The van der Waals surface area contributed by atoms with Crippen molar-refractivity contribution in [2.45, 2.75) is 37.5 Å². The smallest absolute Gasteiger partial charge is 0.0916 e. The van der Waals surface area contributed by atoms with Crippen LogP contribution in [-0.4, -0.2) is 41.7 Å². The van der Waals surface area contributed by atoms with E-state index in [1.807, 2.05) is 30.3 Å². The summed E-state index contributed by atoms with van der Waals surface area (Å²) in [6, 6.07) is 11.3. The van der Waals surface area contributed by atoms with Gasteiger partial charge in [0.1, 0.15) is 0 Å². The third-order valence-electron chi connectivity index (χ3n) is 4.22. The van der Waals surface area contributed by atoms with Crippen molar-refractivity contribution >= 4 is 0 Å². The van der Waals surface area contributed by atoms with E-state index in [1.165, 1.54) is 19.3 Å². The summed E-state index contributed by atoms with van der Waals surface area (Å²) in [5.74, 6) is 0. The molecule has 3 rings (SSSR count). The van der Waals surface area contributed by atoms with E-state index < -0.39 is 0 Å². The maximum Gasteiger partial charge on any atom is 0.0916 e. The highest BCUT2D eigenvalue weighted by Gasteiger charge is 2.29. The second-order valence-electron chi connectivity index (χ2n) is 5.61. The van der Waals surface area contributed by atoms with Crippen LogP contribution >= 0.6 is 0 Å². The van der Waals surface area contributed by atoms with Gasteiger partial charge in [0.2, 0.25) is 0 Å². The zero-order chi connectivity index (χ0) is 12.4. The molecular weight excluding hydrogens is 224 g/mol. The monoisotopic (exact) mass is 246 g/mol. The Labute approximate surface area is 109 Å². The van der Waals surface area contributed by atoms with Gasteiger partial charge < -0.3 is 10.4 Å². The number of aliphatic hydroxyl groups excluding tert-OH is 1. The van der Waals surface area contributed by atoms with Crippen molar-refractivity contribution in [1.29, 1.82) is 0 Å². The van der Waals surface area contributed by atoms with Crippen LogP contribution in [-0.2, 0) is 0 Å². The zero-order valence-corrected chi connectivity index (χ0v) is 10.8. The van der Waals surface area contributed by atoms with E-state index in [9.17, 15) is 5.11 Å². The molecule has 2 heterocycles. The van der Waals surface area contributed by atoms with Crippen LogP contribution in [0.3, 0.4) is 0 Å². The van der Waals surface area contributed by atoms with E-state index >= 15 is 0 Å². The minimum atomic E-state index is -0.358. The Balaban J connectivity index is 1.59. The SMILES string of the molecule is OC(CN1CCC2CCC(C1)N2)c1ccccc1. The number of rotatable bonds is 3. The van der Waals surface area contributed by atoms with Crippen molar-refractivity contribution in [2.24, 2.45) is 0 Å². The van der Waals surface area contributed by atoms with Gasteiger partial charge in [-0.25, -0.2) is 0 Å². The minimum absolute atomic E-state index is 0.358. The van der Waals surface area contributed by atoms with Gasteiger partial charge in [-0.15, -0.1) is 0 Å². The first-order valence-electron chi connectivity index (χ1n) is 7.02. The molecule has 0 spiro atoms. The molecule has 1 aromatic carbocycles. The van der Waals surface area contributed by atoms with E-state index in [0.717, 1.165) is 25.2 Å². The first-order chi connectivity index (χ1) is 8.81. The summed E-state index contributed by atoms with van der Waals surface area (Å²) in [4.78, 5) is 2.41. The molecule has 2 aliphatic rings. The average molecular weight is 246 g/mol. The standard InChI is InChI=1S/C15H22N2O/c18-15(12-4-2-1-3-5-12)11-17-9-8-13-6-7-14(10-17)16-13/h1-5,13-16,18H,6-11H2. The van der Waals surface area contributed by atoms with Crippen LogP contribution in [0.25, 0.3) is 0 Å². The van der Waals surface area contributed by atoms with E-state index in [1.54, 1.807) is 0 Å². The predicted octanol–water partition coefficient (Wildman–Crippen LogP) is 1.55. The molecule has 2 bridgehead atoms. The number of fused-ring (bicyclic) bond motifs is 2. The van der Waals surface area contributed by atoms with Gasteiger partial charge in [-0.05, 0) is 31.4 Å². The summed E-state index contributed by atoms with van der Waals surface area (Å²) in [5, 5.41) is 13.9. The van der Waals surface area contributed by atoms with E-state index in [2.05, 4.69) is 10.2 Å². The number of nitrogens with one attached hydrogen (secondary N) is 1. The lowest BCUT2D eigenvalue weighted by Gasteiger charge is -2.26. The lowest BCUT2D eigenvalue weighted by molar-refractivity contribution is 0.110. The maximum absolute atomic E-state index is 10.3. The Morgan fingerprint density at radius 1 is 1.17 bits per heavy atom. The van der Waals surface area contributed by atoms with Gasteiger partial charge in [0.25, 0.3) is 0 Å². The molecule has 3 heteroatoms. The summed E-state index contributed by atoms with van der Waals surface area (Å²) in [5.41, 5.74) is 1.03. The van der Waals surface area contributed by atoms with Gasteiger partial charge in [0, 0.05) is 25.2 Å². The molecule has 2 fully saturated rings. The normalized spacial score (nSPS) is 30.1. The van der Waals surface area contributed by atoms with Gasteiger partial charge in [0.05, 0.1) is 6.10 Å². The fourth-order valence-corrected chi connectivity index (χ4v) is 3.21. The van der Waals surface area contributed by atoms with Gasteiger partial charge >= 0.3 is 0 Å². The van der Waals surface area contributed by atoms with Gasteiger partial charge in [-0.3, -0.25) is 4.90 Å². The lowest BCUT2D eigenvalue weighted by Crippen LogP contribution is -2.37. The molecule has 0 aliphatic carbocycles. The molecule has 3 unspecified atom stereocenters. The fourth-order valence-electron chi connectivity index (χ4n) is 3.21. The fraction of sp³-hybridized carbons (Fsp3) is 0.600. The number of benzene rings is 1. The minimum Gasteiger partial charge on any atom is -0.387 e. The third kappa shape index (κ3) is 2.74. The van der Waals surface area contributed by atoms with Gasteiger partial charge in [-0.1, -0.05) is 30.3 Å². The molecule has 2 saturated heterocycles. The Morgan fingerprint density at radius 2 is 1.94 bits per heavy atom. The van der Waals surface area contributed by atoms with Gasteiger partial charge in [0.15, 0.2) is 0 Å². The van der Waals surface area contributed by atoms with Crippen LogP contribution in [0.2, 0.25) is 0 Å². The van der Waals surface area contributed by atoms with Crippen molar-refractivity contribution in [3.05, 3.63) is 35.9 Å². The maximum atomic E-state index is 10.3. The molecule has 3 atom stereocenters. The number of nitrogens with zero attached hydrogens (tertiary/aromatic N) is 1. The molecule has 2 aliphatic heterocycles. The average Bonchev–Trinajstić information content (AvgIpc) is 2.74. The molecule has 0 aromatic heterocycles. The number of hydrogen-bond donors (Lipinski definition) is 2. The van der Waals surface area contributed by atoms with Crippen LogP contribution in [0.15, 0.2) is 30.3 Å². The van der Waals surface area contributed by atoms with Crippen molar-refractivity contribution < 1.29 is 5.11 Å². The van der Waals surface area contributed by atoms with E-state index in [-0.39, 0.29) is 6.10 Å². The van der Waals surface area contributed by atoms with Crippen LogP contribution < -0.4 is 5.32 Å². The summed E-state index contributed by atoms with van der Waals surface area (Å²) < 4.78 is 0. The van der Waals surface area contributed by atoms with Crippen molar-refractivity contribution in [1.82, 2.24) is 10.2 Å². The zero-order valence-electron chi connectivity index (χ0n) is 10.8. The molecule has 0 amide bonds. The first-order valence-corrected chi connectivity index (χ1v) is 7.02. The predicted molar refractivity (Wildman–Crippen MR) is 72.4 cm³/mol. The summed E-state index contributed by atoms with van der Waals surface area (Å²) in [6.07, 6.45) is 3.49. The Kier molecular flexibility index (Phi) is 3.64. The molecule has 18 heavy (non-hydrogen) atoms. The second-order valence-corrected chi connectivity index (χ2v) is 5.61. The quantitative estimate of drug-likeness (QED) is 0.849. The van der Waals surface area contributed by atoms with E-state index in [4.69, 9.17) is 0 Å². The van der Waals surface area contributed by atoms with Gasteiger partial charge in [-0.2, -0.15) is 0 Å². The number of likely N-dealkylation sites (tertiary alicyclic amines) is 1. The lowest BCUT2D eigenvalue weighted by atomic mass is 10.1. The number of aliphatic hydroxyl groups is 1. The Bertz CT molecular complexity index is 381. The Morgan fingerprint density at radius 3 is 2.78 bits per heavy atom. The van der Waals surface area contributed by atoms with E-state index in [0.29, 0.717) is 12.1 Å². The van der Waals surface area contributed by atoms with Crippen molar-refractivity contribution in [3.63, 3.8) is 0 Å². The van der Waals surface area contributed by atoms with Crippen LogP contribution in [0.5, 0.6) is 0 Å². The first kappa shape index (κ1) is 12.2. The molecule has 3 nitrogen and oxygen atoms in total. The Hall–Kier alpha value is -0.900. The molecule has 1 aromatic rings. The highest BCUT2D eigenvalue weighted by Crippen LogP contribution is 2.22. The van der Waals surface area contributed by atoms with Crippen LogP contribution in [0.1, 0.15) is 30.9 Å². The molecular formula is C15H22N2O. The largest absolute Gasteiger partial charge is 0.387 e. The topological polar surface area (TPSA) is 35.5 Å². The molecule has 2 N–H and O–H groups in total. The van der Waals surface area contributed by atoms with Crippen molar-refractivity contribution in [3.8, 4) is 0 Å². The summed E-state index contributed by atoms with van der Waals surface area (Å²) in [7, 11) is 0. The highest BCUT2D eigenvalue weighted by molar-refractivity contribution is 5.17. The highest BCUT2D eigenvalue weighted by atomic mass is 16.3. The van der Waals surface area contributed by atoms with Crippen LogP contribution in [0.4, 0.5) is 0 Å². The summed E-state index contributed by atoms with van der Waals surface area (Å²) in [6.45, 7) is 2.95. The summed E-state index contributed by atoms with van der Waals surface area (Å²) >= 11 is 0. The number of β-amino-alcohol motifs (C(OH)–C–C–N with tert-alkyl or cyclic N) is 1. The second kappa shape index (κ2) is 5.39.